The summed E-state index contributed by atoms with van der Waals surface area (Å²) in [5, 5.41) is 9.87. The molecule has 3 N–H and O–H groups in total. The van der Waals surface area contributed by atoms with E-state index in [1.165, 1.54) is 12.5 Å². The molecule has 0 radical (unpaired) electrons. The molecule has 2 aromatic rings. The van der Waals surface area contributed by atoms with Crippen LogP contribution in [-0.2, 0) is 22.0 Å². The van der Waals surface area contributed by atoms with Gasteiger partial charge in [0.25, 0.3) is 0 Å². The fourth-order valence-electron chi connectivity index (χ4n) is 10.7. The number of hydrogen-bond donors (Lipinski definition) is 3. The Bertz CT molecular complexity index is 1880. The molecule has 3 amide bonds. The van der Waals surface area contributed by atoms with E-state index in [4.69, 9.17) is 9.47 Å². The lowest BCUT2D eigenvalue weighted by atomic mass is 9.62. The maximum atomic E-state index is 14.0. The Hall–Kier alpha value is -3.85. The number of piperidine rings is 1. The Morgan fingerprint density at radius 1 is 0.767 bits per heavy atom. The summed E-state index contributed by atoms with van der Waals surface area (Å²) in [6.07, 6.45) is 7.65. The number of esters is 1. The van der Waals surface area contributed by atoms with Crippen LogP contribution in [0, 0.1) is 24.7 Å². The highest BCUT2D eigenvalue weighted by Gasteiger charge is 2.46. The molecule has 9 heteroatoms. The van der Waals surface area contributed by atoms with E-state index in [0.29, 0.717) is 24.5 Å². The van der Waals surface area contributed by atoms with Crippen molar-refractivity contribution in [3.63, 3.8) is 0 Å². The molecule has 1 saturated heterocycles. The molecular formula is C51H80N4O5. The van der Waals surface area contributed by atoms with Crippen LogP contribution in [0.2, 0.25) is 0 Å². The van der Waals surface area contributed by atoms with Crippen molar-refractivity contribution in [2.75, 3.05) is 13.1 Å². The van der Waals surface area contributed by atoms with Gasteiger partial charge in [-0.2, -0.15) is 0 Å². The average Bonchev–Trinajstić information content (AvgIpc) is 3.06. The van der Waals surface area contributed by atoms with Crippen LogP contribution in [-0.4, -0.2) is 59.2 Å². The van der Waals surface area contributed by atoms with E-state index < -0.39 is 12.1 Å². The first-order valence-electron chi connectivity index (χ1n) is 22.4. The first-order valence-corrected chi connectivity index (χ1v) is 22.4. The van der Waals surface area contributed by atoms with Crippen molar-refractivity contribution in [2.45, 2.75) is 196 Å². The van der Waals surface area contributed by atoms with Gasteiger partial charge in [0.05, 0.1) is 0 Å². The van der Waals surface area contributed by atoms with Gasteiger partial charge < -0.3 is 25.4 Å². The number of rotatable bonds is 12. The van der Waals surface area contributed by atoms with Crippen LogP contribution in [0.4, 0.5) is 9.59 Å². The highest BCUT2D eigenvalue weighted by atomic mass is 16.6. The number of nitrogens with zero attached hydrogens (tertiary/aromatic N) is 1. The summed E-state index contributed by atoms with van der Waals surface area (Å²) >= 11 is 0. The number of ether oxygens (including phenoxy) is 2. The Balaban J connectivity index is 1.54. The molecule has 0 spiro atoms. The van der Waals surface area contributed by atoms with E-state index in [0.717, 1.165) is 78.5 Å². The zero-order valence-electron chi connectivity index (χ0n) is 40.3. The highest BCUT2D eigenvalue weighted by molar-refractivity contribution is 5.84. The minimum absolute atomic E-state index is 0.0207. The Morgan fingerprint density at radius 2 is 1.25 bits per heavy atom. The van der Waals surface area contributed by atoms with Crippen LogP contribution in [0.25, 0.3) is 0 Å². The van der Waals surface area contributed by atoms with Crippen molar-refractivity contribution in [3.05, 3.63) is 70.3 Å². The van der Waals surface area contributed by atoms with E-state index in [9.17, 15) is 14.4 Å². The Morgan fingerprint density at radius 3 is 1.72 bits per heavy atom. The van der Waals surface area contributed by atoms with Gasteiger partial charge in [0.15, 0.2) is 0 Å². The maximum Gasteiger partial charge on any atom is 0.412 e. The van der Waals surface area contributed by atoms with Gasteiger partial charge in [-0.15, -0.1) is 0 Å². The minimum atomic E-state index is -0.523. The zero-order valence-corrected chi connectivity index (χ0v) is 40.3. The van der Waals surface area contributed by atoms with E-state index in [2.05, 4.69) is 143 Å². The summed E-state index contributed by atoms with van der Waals surface area (Å²) in [5.74, 6) is 0.501. The third kappa shape index (κ3) is 12.6. The predicted molar refractivity (Wildman–Crippen MR) is 246 cm³/mol. The van der Waals surface area contributed by atoms with Gasteiger partial charge in [-0.1, -0.05) is 118 Å². The topological polar surface area (TPSA) is 109 Å². The van der Waals surface area contributed by atoms with Crippen molar-refractivity contribution in [1.82, 2.24) is 20.9 Å². The van der Waals surface area contributed by atoms with Gasteiger partial charge in [0.2, 0.25) is 0 Å². The molecule has 2 fully saturated rings. The third-order valence-corrected chi connectivity index (χ3v) is 12.6. The van der Waals surface area contributed by atoms with Crippen LogP contribution in [0.15, 0.2) is 36.9 Å². The Labute approximate surface area is 363 Å². The molecule has 1 aliphatic heterocycles. The fourth-order valence-corrected chi connectivity index (χ4v) is 10.7. The molecule has 4 rings (SSSR count). The monoisotopic (exact) mass is 829 g/mol. The first kappa shape index (κ1) is 48.8. The third-order valence-electron chi connectivity index (χ3n) is 12.6. The van der Waals surface area contributed by atoms with E-state index in [-0.39, 0.29) is 50.9 Å². The van der Waals surface area contributed by atoms with Gasteiger partial charge in [0.1, 0.15) is 11.5 Å². The standard InChI is InChI=1S/C51H80N4O5/c1-18-20-21-55-49(13,14)28-38(29-50(55,15)16)54-44(57)53-37-27-48(11,12)31-51(17,30-37)32-52-45(58)60-43-36(23-34(4)25-40(43)47(8,9)10)26-35-22-33(3)24-39(46(5,6)7)42(35)59-41(56)19-2/h19,22-25,37-38H,2,18,20-21,26-32H2,1,3-17H3,(H,52,58)(H2,53,54,57). The van der Waals surface area contributed by atoms with Gasteiger partial charge >= 0.3 is 18.1 Å². The number of urea groups is 1. The quantitative estimate of drug-likeness (QED) is 0.112. The fraction of sp³-hybridized carbons (Fsp3) is 0.667. The number of hydrogen-bond acceptors (Lipinski definition) is 6. The second-order valence-corrected chi connectivity index (χ2v) is 22.8. The van der Waals surface area contributed by atoms with Gasteiger partial charge in [-0.3, -0.25) is 4.90 Å². The average molecular weight is 829 g/mol. The summed E-state index contributed by atoms with van der Waals surface area (Å²) in [4.78, 5) is 42.9. The lowest BCUT2D eigenvalue weighted by molar-refractivity contribution is -0.129. The SMILES string of the molecule is C=CC(=O)Oc1c(Cc2cc(C)cc(C(C)(C)C)c2OC(=O)NCC2(C)CC(NC(=O)NC3CC(C)(C)N(CCCC)C(C)(C)C3)CC(C)(C)C2)cc(C)cc1C(C)(C)C. The molecule has 1 heterocycles. The summed E-state index contributed by atoms with van der Waals surface area (Å²) in [7, 11) is 0. The van der Waals surface area contributed by atoms with Crippen LogP contribution < -0.4 is 25.4 Å². The van der Waals surface area contributed by atoms with Crippen molar-refractivity contribution in [2.24, 2.45) is 10.8 Å². The molecule has 2 aromatic carbocycles. The molecule has 1 saturated carbocycles. The van der Waals surface area contributed by atoms with Crippen molar-refractivity contribution >= 4 is 18.1 Å². The normalized spacial score (nSPS) is 21.8. The number of carbonyl (C=O) groups is 3. The number of amides is 3. The summed E-state index contributed by atoms with van der Waals surface area (Å²) in [6.45, 7) is 40.0. The molecule has 334 valence electrons. The number of carbonyl (C=O) groups excluding carboxylic acids is 3. The van der Waals surface area contributed by atoms with E-state index >= 15 is 0 Å². The molecule has 2 atom stereocenters. The molecule has 1 aliphatic carbocycles. The smallest absolute Gasteiger partial charge is 0.412 e. The number of unbranched alkanes of at least 4 members (excludes halogenated alkanes) is 1. The van der Waals surface area contributed by atoms with E-state index in [1.54, 1.807) is 0 Å². The first-order chi connectivity index (χ1) is 27.5. The number of benzene rings is 2. The molecule has 60 heavy (non-hydrogen) atoms. The summed E-state index contributed by atoms with van der Waals surface area (Å²) < 4.78 is 12.3. The molecular weight excluding hydrogens is 749 g/mol. The minimum Gasteiger partial charge on any atom is -0.423 e. The summed E-state index contributed by atoms with van der Waals surface area (Å²) in [5.41, 5.74) is 4.55. The molecule has 0 aromatic heterocycles. The van der Waals surface area contributed by atoms with Gasteiger partial charge in [-0.05, 0) is 108 Å². The molecule has 0 bridgehead atoms. The summed E-state index contributed by atoms with van der Waals surface area (Å²) in [6, 6.07) is 8.17. The zero-order chi connectivity index (χ0) is 45.2. The van der Waals surface area contributed by atoms with Crippen LogP contribution in [0.3, 0.4) is 0 Å². The maximum absolute atomic E-state index is 14.0. The predicted octanol–water partition coefficient (Wildman–Crippen LogP) is 11.4. The second kappa shape index (κ2) is 18.2. The Kier molecular flexibility index (Phi) is 14.8. The lowest BCUT2D eigenvalue weighted by Gasteiger charge is -2.55. The number of likely N-dealkylation sites (tertiary alicyclic amines) is 1. The van der Waals surface area contributed by atoms with Gasteiger partial charge in [0, 0.05) is 64.5 Å². The molecule has 9 nitrogen and oxygen atoms in total. The van der Waals surface area contributed by atoms with Crippen molar-refractivity contribution < 1.29 is 23.9 Å². The van der Waals surface area contributed by atoms with Crippen molar-refractivity contribution in [3.8, 4) is 11.5 Å². The highest BCUT2D eigenvalue weighted by Crippen LogP contribution is 2.46. The number of aryl methyl sites for hydroxylation is 2. The van der Waals surface area contributed by atoms with Crippen LogP contribution >= 0.6 is 0 Å². The lowest BCUT2D eigenvalue weighted by Crippen LogP contribution is -2.65. The van der Waals surface area contributed by atoms with Gasteiger partial charge in [-0.25, -0.2) is 14.4 Å². The molecule has 2 aliphatic rings. The van der Waals surface area contributed by atoms with Crippen molar-refractivity contribution in [1.29, 1.82) is 0 Å². The van der Waals surface area contributed by atoms with Crippen LogP contribution in [0.1, 0.15) is 175 Å². The second-order valence-electron chi connectivity index (χ2n) is 22.8. The largest absolute Gasteiger partial charge is 0.423 e. The van der Waals surface area contributed by atoms with E-state index in [1.807, 2.05) is 19.9 Å². The van der Waals surface area contributed by atoms with Crippen LogP contribution in [0.5, 0.6) is 11.5 Å². The number of nitrogens with one attached hydrogen (secondary N) is 3. The molecule has 2 unspecified atom stereocenters.